The third kappa shape index (κ3) is 4.49. The highest BCUT2D eigenvalue weighted by Crippen LogP contribution is 2.25. The molecule has 0 bridgehead atoms. The predicted molar refractivity (Wildman–Crippen MR) is 89.2 cm³/mol. The van der Waals surface area contributed by atoms with Crippen LogP contribution in [0.4, 0.5) is 0 Å². The minimum absolute atomic E-state index is 0.0747. The van der Waals surface area contributed by atoms with E-state index in [-0.39, 0.29) is 11.8 Å². The number of nitrogens with zero attached hydrogens (tertiary/aromatic N) is 3. The van der Waals surface area contributed by atoms with E-state index in [4.69, 9.17) is 0 Å². The minimum Gasteiger partial charge on any atom is -0.383 e. The summed E-state index contributed by atoms with van der Waals surface area (Å²) in [6.07, 6.45) is 2.96. The summed E-state index contributed by atoms with van der Waals surface area (Å²) >= 11 is 1.68. The van der Waals surface area contributed by atoms with Crippen LogP contribution in [0.25, 0.3) is 0 Å². The first kappa shape index (κ1) is 16.8. The average molecular weight is 338 g/mol. The number of hydrogen-bond donors (Lipinski definition) is 2. The van der Waals surface area contributed by atoms with E-state index in [0.717, 1.165) is 55.3 Å². The Kier molecular flexibility index (Phi) is 5.28. The molecule has 128 valence electrons. The Balaban J connectivity index is 1.44. The monoisotopic (exact) mass is 338 g/mol. The molecule has 1 aliphatic heterocycles. The lowest BCUT2D eigenvalue weighted by atomic mass is 9.90. The van der Waals surface area contributed by atoms with Crippen molar-refractivity contribution in [2.45, 2.75) is 64.1 Å². The van der Waals surface area contributed by atoms with Gasteiger partial charge in [-0.2, -0.15) is 0 Å². The summed E-state index contributed by atoms with van der Waals surface area (Å²) in [7, 11) is 0. The van der Waals surface area contributed by atoms with Gasteiger partial charge in [0.05, 0.1) is 6.54 Å². The Hall–Kier alpha value is -1.05. The van der Waals surface area contributed by atoms with Gasteiger partial charge in [0.25, 0.3) is 0 Å². The van der Waals surface area contributed by atoms with E-state index in [0.29, 0.717) is 12.0 Å². The molecule has 1 amide bonds. The first-order chi connectivity index (χ1) is 11.0. The van der Waals surface area contributed by atoms with Gasteiger partial charge < -0.3 is 10.4 Å². The fourth-order valence-corrected chi connectivity index (χ4v) is 3.80. The van der Waals surface area contributed by atoms with E-state index >= 15 is 0 Å². The number of piperidine rings is 1. The Morgan fingerprint density at radius 3 is 2.57 bits per heavy atom. The topological polar surface area (TPSA) is 78.3 Å². The van der Waals surface area contributed by atoms with Gasteiger partial charge >= 0.3 is 0 Å². The summed E-state index contributed by atoms with van der Waals surface area (Å²) in [6.45, 7) is 6.87. The number of aromatic nitrogens is 2. The number of aliphatic hydroxyl groups is 1. The first-order valence-electron chi connectivity index (χ1n) is 8.56. The highest BCUT2D eigenvalue weighted by atomic mass is 32.1. The second-order valence-electron chi connectivity index (χ2n) is 7.03. The van der Waals surface area contributed by atoms with E-state index < -0.39 is 6.10 Å². The van der Waals surface area contributed by atoms with Crippen molar-refractivity contribution in [2.24, 2.45) is 5.92 Å². The second kappa shape index (κ2) is 7.23. The fourth-order valence-electron chi connectivity index (χ4n) is 2.91. The molecule has 1 saturated heterocycles. The molecular formula is C16H26N4O2S. The molecule has 1 aromatic rings. The zero-order chi connectivity index (χ0) is 16.4. The lowest BCUT2D eigenvalue weighted by Crippen LogP contribution is -2.44. The van der Waals surface area contributed by atoms with Crippen LogP contribution in [0.1, 0.15) is 55.5 Å². The van der Waals surface area contributed by atoms with Crippen LogP contribution >= 0.6 is 11.3 Å². The number of amides is 1. The average Bonchev–Trinajstić information content (AvgIpc) is 3.22. The van der Waals surface area contributed by atoms with E-state index in [1.165, 1.54) is 0 Å². The molecule has 1 aliphatic carbocycles. The van der Waals surface area contributed by atoms with Crippen LogP contribution in [-0.4, -0.2) is 51.3 Å². The molecule has 3 rings (SSSR count). The van der Waals surface area contributed by atoms with Crippen LogP contribution < -0.4 is 5.32 Å². The van der Waals surface area contributed by atoms with E-state index in [2.05, 4.69) is 34.3 Å². The molecule has 23 heavy (non-hydrogen) atoms. The Morgan fingerprint density at radius 1 is 1.30 bits per heavy atom. The zero-order valence-electron chi connectivity index (χ0n) is 13.9. The molecule has 0 aromatic carbocycles. The molecule has 0 radical (unpaired) electrons. The second-order valence-corrected chi connectivity index (χ2v) is 8.12. The number of carbonyl (C=O) groups excluding carboxylic acids is 1. The van der Waals surface area contributed by atoms with Crippen LogP contribution in [0.15, 0.2) is 0 Å². The zero-order valence-corrected chi connectivity index (χ0v) is 14.7. The Labute approximate surface area is 141 Å². The van der Waals surface area contributed by atoms with Crippen molar-refractivity contribution in [3.8, 4) is 0 Å². The minimum atomic E-state index is -0.855. The lowest BCUT2D eigenvalue weighted by Gasteiger charge is -2.33. The van der Waals surface area contributed by atoms with Crippen LogP contribution in [0, 0.1) is 5.92 Å². The fraction of sp³-hybridized carbons (Fsp3) is 0.812. The third-order valence-corrected chi connectivity index (χ3v) is 5.81. The van der Waals surface area contributed by atoms with Gasteiger partial charge in [0.2, 0.25) is 5.91 Å². The molecule has 2 aliphatic rings. The predicted octanol–water partition coefficient (Wildman–Crippen LogP) is 1.51. The normalized spacial score (nSPS) is 21.6. The highest BCUT2D eigenvalue weighted by Gasteiger charge is 2.33. The van der Waals surface area contributed by atoms with Crippen molar-refractivity contribution in [2.75, 3.05) is 13.1 Å². The van der Waals surface area contributed by atoms with Crippen LogP contribution in [0.5, 0.6) is 0 Å². The summed E-state index contributed by atoms with van der Waals surface area (Å²) < 4.78 is 0. The number of aliphatic hydroxyl groups excluding tert-OH is 1. The lowest BCUT2D eigenvalue weighted by molar-refractivity contribution is -0.133. The summed E-state index contributed by atoms with van der Waals surface area (Å²) in [5.41, 5.74) is 0. The van der Waals surface area contributed by atoms with Crippen molar-refractivity contribution in [1.29, 1.82) is 0 Å². The summed E-state index contributed by atoms with van der Waals surface area (Å²) in [4.78, 5) is 14.3. The summed E-state index contributed by atoms with van der Waals surface area (Å²) in [6, 6.07) is 0.310. The maximum absolute atomic E-state index is 11.9. The van der Waals surface area contributed by atoms with Crippen molar-refractivity contribution in [3.05, 3.63) is 10.0 Å². The van der Waals surface area contributed by atoms with Crippen molar-refractivity contribution >= 4 is 17.2 Å². The van der Waals surface area contributed by atoms with Gasteiger partial charge in [-0.05, 0) is 44.7 Å². The van der Waals surface area contributed by atoms with Crippen LogP contribution in [0.2, 0.25) is 0 Å². The first-order valence-corrected chi connectivity index (χ1v) is 9.37. The quantitative estimate of drug-likeness (QED) is 0.822. The van der Waals surface area contributed by atoms with Gasteiger partial charge in [0.15, 0.2) is 0 Å². The van der Waals surface area contributed by atoms with E-state index in [9.17, 15) is 9.90 Å². The molecule has 0 spiro atoms. The standard InChI is InChI=1S/C16H26N4O2S/c1-10(2)16-19-18-13(23-16)9-20-7-5-11(6-8-20)14(21)15(22)17-12-3-4-12/h10-12,14,21H,3-9H2,1-2H3,(H,17,22). The third-order valence-electron chi connectivity index (χ3n) is 4.61. The molecule has 1 aromatic heterocycles. The maximum atomic E-state index is 11.9. The smallest absolute Gasteiger partial charge is 0.249 e. The SMILES string of the molecule is CC(C)c1nnc(CN2CCC(C(O)C(=O)NC3CC3)CC2)s1. The van der Waals surface area contributed by atoms with E-state index in [1.807, 2.05) is 0 Å². The number of likely N-dealkylation sites (tertiary alicyclic amines) is 1. The Morgan fingerprint density at radius 2 is 2.00 bits per heavy atom. The van der Waals surface area contributed by atoms with Crippen molar-refractivity contribution in [3.63, 3.8) is 0 Å². The molecule has 1 atom stereocenters. The van der Waals surface area contributed by atoms with Gasteiger partial charge in [-0.1, -0.05) is 25.2 Å². The largest absolute Gasteiger partial charge is 0.383 e. The molecular weight excluding hydrogens is 312 g/mol. The molecule has 2 heterocycles. The Bertz CT molecular complexity index is 536. The van der Waals surface area contributed by atoms with Gasteiger partial charge in [-0.15, -0.1) is 10.2 Å². The van der Waals surface area contributed by atoms with Crippen LogP contribution in [0.3, 0.4) is 0 Å². The van der Waals surface area contributed by atoms with Gasteiger partial charge in [-0.25, -0.2) is 0 Å². The number of rotatable bonds is 6. The number of hydrogen-bond acceptors (Lipinski definition) is 6. The van der Waals surface area contributed by atoms with Crippen molar-refractivity contribution in [1.82, 2.24) is 20.4 Å². The van der Waals surface area contributed by atoms with Crippen molar-refractivity contribution < 1.29 is 9.90 Å². The van der Waals surface area contributed by atoms with Gasteiger partial charge in [0, 0.05) is 12.0 Å². The molecule has 2 fully saturated rings. The summed E-state index contributed by atoms with van der Waals surface area (Å²) in [5.74, 6) is 0.314. The number of carbonyl (C=O) groups is 1. The summed E-state index contributed by atoms with van der Waals surface area (Å²) in [5, 5.41) is 23.7. The molecule has 7 heteroatoms. The molecule has 2 N–H and O–H groups in total. The van der Waals surface area contributed by atoms with Gasteiger partial charge in [-0.3, -0.25) is 9.69 Å². The molecule has 1 saturated carbocycles. The maximum Gasteiger partial charge on any atom is 0.249 e. The molecule has 1 unspecified atom stereocenters. The molecule has 6 nitrogen and oxygen atoms in total. The van der Waals surface area contributed by atoms with Gasteiger partial charge in [0.1, 0.15) is 16.1 Å². The van der Waals surface area contributed by atoms with E-state index in [1.54, 1.807) is 11.3 Å². The highest BCUT2D eigenvalue weighted by molar-refractivity contribution is 7.11. The number of nitrogens with one attached hydrogen (secondary N) is 1. The van der Waals surface area contributed by atoms with Crippen LogP contribution in [-0.2, 0) is 11.3 Å².